The van der Waals surface area contributed by atoms with Crippen LogP contribution in [0.25, 0.3) is 10.8 Å². The number of carbonyl (C=O) groups excluding carboxylic acids is 1. The van der Waals surface area contributed by atoms with Crippen molar-refractivity contribution in [3.05, 3.63) is 29.5 Å². The molecule has 1 fully saturated rings. The largest absolute Gasteiger partial charge is 0.444 e. The number of nitrogens with one attached hydrogen (secondary N) is 1. The molecular formula is C14H16N2O3S. The zero-order valence-electron chi connectivity index (χ0n) is 11.0. The molecule has 1 aliphatic carbocycles. The van der Waals surface area contributed by atoms with Gasteiger partial charge in [0.2, 0.25) is 11.8 Å². The van der Waals surface area contributed by atoms with Crippen molar-refractivity contribution < 1.29 is 14.3 Å². The Morgan fingerprint density at radius 3 is 3.05 bits per heavy atom. The summed E-state index contributed by atoms with van der Waals surface area (Å²) in [5.74, 6) is 0.400. The molecule has 0 spiro atoms. The van der Waals surface area contributed by atoms with Gasteiger partial charge in [-0.25, -0.2) is 4.98 Å². The average molecular weight is 292 g/mol. The van der Waals surface area contributed by atoms with Gasteiger partial charge in [0, 0.05) is 6.54 Å². The first-order valence-corrected chi connectivity index (χ1v) is 7.50. The van der Waals surface area contributed by atoms with E-state index in [1.165, 1.54) is 6.26 Å². The lowest BCUT2D eigenvalue weighted by Crippen LogP contribution is -2.48. The molecule has 0 unspecified atom stereocenters. The normalized spacial score (nSPS) is 16.6. The van der Waals surface area contributed by atoms with Crippen LogP contribution >= 0.6 is 11.3 Å². The van der Waals surface area contributed by atoms with Crippen molar-refractivity contribution in [1.82, 2.24) is 10.3 Å². The van der Waals surface area contributed by atoms with Crippen LogP contribution in [0.5, 0.6) is 0 Å². The SMILES string of the molecule is O=C(Cc1coc(-c2cccs2)n1)NCC1(O)CCC1. The van der Waals surface area contributed by atoms with E-state index in [0.29, 0.717) is 18.1 Å². The fourth-order valence-corrected chi connectivity index (χ4v) is 2.81. The van der Waals surface area contributed by atoms with Gasteiger partial charge in [0.25, 0.3) is 0 Å². The minimum atomic E-state index is -0.693. The van der Waals surface area contributed by atoms with E-state index in [9.17, 15) is 9.90 Å². The maximum atomic E-state index is 11.8. The van der Waals surface area contributed by atoms with Crippen LogP contribution in [0.1, 0.15) is 25.0 Å². The van der Waals surface area contributed by atoms with Gasteiger partial charge >= 0.3 is 0 Å². The standard InChI is InChI=1S/C14H16N2O3S/c17-12(15-9-14(18)4-2-5-14)7-10-8-19-13(16-10)11-3-1-6-20-11/h1,3,6,8,18H,2,4-5,7,9H2,(H,15,17). The van der Waals surface area contributed by atoms with Gasteiger partial charge in [-0.2, -0.15) is 0 Å². The third kappa shape index (κ3) is 2.91. The van der Waals surface area contributed by atoms with E-state index in [1.54, 1.807) is 11.3 Å². The van der Waals surface area contributed by atoms with Crippen LogP contribution in [-0.4, -0.2) is 28.1 Å². The van der Waals surface area contributed by atoms with E-state index in [2.05, 4.69) is 10.3 Å². The topological polar surface area (TPSA) is 75.4 Å². The smallest absolute Gasteiger partial charge is 0.236 e. The maximum absolute atomic E-state index is 11.8. The Kier molecular flexibility index (Phi) is 3.58. The molecule has 1 amide bonds. The van der Waals surface area contributed by atoms with E-state index in [-0.39, 0.29) is 12.3 Å². The number of rotatable bonds is 5. The minimum Gasteiger partial charge on any atom is -0.444 e. The summed E-state index contributed by atoms with van der Waals surface area (Å²) in [7, 11) is 0. The molecule has 0 aromatic carbocycles. The molecule has 6 heteroatoms. The second kappa shape index (κ2) is 5.38. The number of thiophene rings is 1. The second-order valence-corrected chi connectivity index (χ2v) is 6.10. The quantitative estimate of drug-likeness (QED) is 0.883. The summed E-state index contributed by atoms with van der Waals surface area (Å²) in [6, 6.07) is 3.85. The lowest BCUT2D eigenvalue weighted by Gasteiger charge is -2.36. The zero-order chi connectivity index (χ0) is 14.0. The third-order valence-electron chi connectivity index (χ3n) is 3.52. The molecule has 0 atom stereocenters. The van der Waals surface area contributed by atoms with Gasteiger partial charge in [-0.05, 0) is 30.7 Å². The molecule has 2 heterocycles. The van der Waals surface area contributed by atoms with Gasteiger partial charge in [-0.1, -0.05) is 6.07 Å². The summed E-state index contributed by atoms with van der Waals surface area (Å²) >= 11 is 1.54. The third-order valence-corrected chi connectivity index (χ3v) is 4.38. The summed E-state index contributed by atoms with van der Waals surface area (Å²) < 4.78 is 5.36. The molecule has 2 aromatic rings. The summed E-state index contributed by atoms with van der Waals surface area (Å²) in [5.41, 5.74) is -0.0896. The number of aromatic nitrogens is 1. The molecule has 0 bridgehead atoms. The van der Waals surface area contributed by atoms with Crippen molar-refractivity contribution in [2.45, 2.75) is 31.3 Å². The number of hydrogen-bond acceptors (Lipinski definition) is 5. The monoisotopic (exact) mass is 292 g/mol. The molecule has 3 rings (SSSR count). The first-order chi connectivity index (χ1) is 9.65. The lowest BCUT2D eigenvalue weighted by atomic mass is 9.80. The van der Waals surface area contributed by atoms with Crippen molar-refractivity contribution in [1.29, 1.82) is 0 Å². The second-order valence-electron chi connectivity index (χ2n) is 5.15. The van der Waals surface area contributed by atoms with Crippen LogP contribution in [0.15, 0.2) is 28.2 Å². The predicted molar refractivity (Wildman–Crippen MR) is 75.3 cm³/mol. The number of amides is 1. The van der Waals surface area contributed by atoms with Crippen LogP contribution in [0, 0.1) is 0 Å². The Morgan fingerprint density at radius 1 is 1.55 bits per heavy atom. The summed E-state index contributed by atoms with van der Waals surface area (Å²) in [5, 5.41) is 14.6. The van der Waals surface area contributed by atoms with Crippen molar-refractivity contribution in [2.75, 3.05) is 6.54 Å². The molecule has 2 N–H and O–H groups in total. The number of carbonyl (C=O) groups is 1. The Balaban J connectivity index is 1.54. The summed E-state index contributed by atoms with van der Waals surface area (Å²) in [6.07, 6.45) is 4.23. The first-order valence-electron chi connectivity index (χ1n) is 6.62. The fourth-order valence-electron chi connectivity index (χ4n) is 2.15. The highest BCUT2D eigenvalue weighted by molar-refractivity contribution is 7.13. The van der Waals surface area contributed by atoms with Crippen molar-refractivity contribution >= 4 is 17.2 Å². The van der Waals surface area contributed by atoms with E-state index in [0.717, 1.165) is 24.1 Å². The molecule has 1 saturated carbocycles. The van der Waals surface area contributed by atoms with Crippen molar-refractivity contribution in [3.8, 4) is 10.8 Å². The van der Waals surface area contributed by atoms with Crippen LogP contribution in [-0.2, 0) is 11.2 Å². The highest BCUT2D eigenvalue weighted by Crippen LogP contribution is 2.30. The maximum Gasteiger partial charge on any atom is 0.236 e. The fraction of sp³-hybridized carbons (Fsp3) is 0.429. The van der Waals surface area contributed by atoms with Crippen molar-refractivity contribution in [2.24, 2.45) is 0 Å². The molecule has 5 nitrogen and oxygen atoms in total. The van der Waals surface area contributed by atoms with Gasteiger partial charge in [0.15, 0.2) is 0 Å². The van der Waals surface area contributed by atoms with Gasteiger partial charge in [0.05, 0.1) is 22.6 Å². The van der Waals surface area contributed by atoms with E-state index in [4.69, 9.17) is 4.42 Å². The van der Waals surface area contributed by atoms with E-state index >= 15 is 0 Å². The molecule has 20 heavy (non-hydrogen) atoms. The highest BCUT2D eigenvalue weighted by atomic mass is 32.1. The van der Waals surface area contributed by atoms with Gasteiger partial charge < -0.3 is 14.8 Å². The Hall–Kier alpha value is -1.66. The molecule has 0 radical (unpaired) electrons. The summed E-state index contributed by atoms with van der Waals surface area (Å²) in [6.45, 7) is 0.321. The molecule has 1 aliphatic rings. The number of aliphatic hydroxyl groups is 1. The molecule has 0 aliphatic heterocycles. The molecule has 2 aromatic heterocycles. The Morgan fingerprint density at radius 2 is 2.40 bits per heavy atom. The van der Waals surface area contributed by atoms with Crippen LogP contribution in [0.2, 0.25) is 0 Å². The molecular weight excluding hydrogens is 276 g/mol. The average Bonchev–Trinajstić information content (AvgIpc) is 3.04. The Labute approximate surface area is 120 Å². The molecule has 0 saturated heterocycles. The van der Waals surface area contributed by atoms with Crippen molar-refractivity contribution in [3.63, 3.8) is 0 Å². The van der Waals surface area contributed by atoms with E-state index in [1.807, 2.05) is 17.5 Å². The van der Waals surface area contributed by atoms with Crippen LogP contribution in [0.4, 0.5) is 0 Å². The predicted octanol–water partition coefficient (Wildman–Crippen LogP) is 1.98. The number of oxazole rings is 1. The molecule has 106 valence electrons. The Bertz CT molecular complexity index is 587. The number of hydrogen-bond donors (Lipinski definition) is 2. The van der Waals surface area contributed by atoms with Gasteiger partial charge in [0.1, 0.15) is 6.26 Å². The summed E-state index contributed by atoms with van der Waals surface area (Å²) in [4.78, 5) is 17.0. The first kappa shape index (κ1) is 13.3. The minimum absolute atomic E-state index is 0.142. The lowest BCUT2D eigenvalue weighted by molar-refractivity contribution is -0.122. The van der Waals surface area contributed by atoms with Gasteiger partial charge in [-0.15, -0.1) is 11.3 Å². The number of nitrogens with zero attached hydrogens (tertiary/aromatic N) is 1. The zero-order valence-corrected chi connectivity index (χ0v) is 11.8. The highest BCUT2D eigenvalue weighted by Gasteiger charge is 2.34. The van der Waals surface area contributed by atoms with Crippen LogP contribution in [0.3, 0.4) is 0 Å². The van der Waals surface area contributed by atoms with Crippen LogP contribution < -0.4 is 5.32 Å². The van der Waals surface area contributed by atoms with E-state index < -0.39 is 5.60 Å². The van der Waals surface area contributed by atoms with Gasteiger partial charge in [-0.3, -0.25) is 4.79 Å².